The quantitative estimate of drug-likeness (QED) is 0.754. The van der Waals surface area contributed by atoms with Crippen molar-refractivity contribution in [2.75, 3.05) is 20.2 Å². The zero-order valence-electron chi connectivity index (χ0n) is 9.86. The molecular weight excluding hydrogens is 221 g/mol. The molecule has 4 heteroatoms. The van der Waals surface area contributed by atoms with Crippen LogP contribution < -0.4 is 4.74 Å². The highest BCUT2D eigenvalue weighted by molar-refractivity contribution is 5.47. The normalized spacial score (nSPS) is 16.9. The molecule has 0 spiro atoms. The van der Waals surface area contributed by atoms with Crippen molar-refractivity contribution >= 4 is 6.41 Å². The fraction of sp³-hybridized carbons (Fsp3) is 0.462. The van der Waals surface area contributed by atoms with Crippen molar-refractivity contribution in [2.45, 2.75) is 18.8 Å². The first-order valence-electron chi connectivity index (χ1n) is 5.77. The molecular formula is C13H16FNO2. The van der Waals surface area contributed by atoms with Gasteiger partial charge in [-0.25, -0.2) is 4.39 Å². The molecule has 0 aromatic heterocycles. The molecule has 1 aliphatic heterocycles. The number of hydrogen-bond acceptors (Lipinski definition) is 2. The largest absolute Gasteiger partial charge is 0.496 e. The van der Waals surface area contributed by atoms with Crippen molar-refractivity contribution in [3.63, 3.8) is 0 Å². The van der Waals surface area contributed by atoms with Gasteiger partial charge in [-0.3, -0.25) is 4.79 Å². The highest BCUT2D eigenvalue weighted by Gasteiger charge is 2.22. The lowest BCUT2D eigenvalue weighted by Gasteiger charge is -2.30. The van der Waals surface area contributed by atoms with Gasteiger partial charge in [-0.05, 0) is 37.0 Å². The molecule has 2 rings (SSSR count). The maximum absolute atomic E-state index is 13.3. The summed E-state index contributed by atoms with van der Waals surface area (Å²) in [5.41, 5.74) is 0.915. The van der Waals surface area contributed by atoms with E-state index in [-0.39, 0.29) is 11.7 Å². The number of halogens is 1. The lowest BCUT2D eigenvalue weighted by atomic mass is 9.89. The molecule has 0 unspecified atom stereocenters. The Balaban J connectivity index is 2.17. The number of piperidine rings is 1. The van der Waals surface area contributed by atoms with Crippen LogP contribution in [0.25, 0.3) is 0 Å². The lowest BCUT2D eigenvalue weighted by molar-refractivity contribution is -0.119. The topological polar surface area (TPSA) is 29.5 Å². The molecule has 1 aromatic carbocycles. The van der Waals surface area contributed by atoms with E-state index in [0.717, 1.165) is 43.7 Å². The molecule has 1 saturated heterocycles. The summed E-state index contributed by atoms with van der Waals surface area (Å²) in [5.74, 6) is 0.770. The van der Waals surface area contributed by atoms with Crippen molar-refractivity contribution in [3.05, 3.63) is 29.6 Å². The Labute approximate surface area is 100 Å². The standard InChI is InChI=1S/C13H16FNO2/c1-17-13-3-2-11(14)8-12(13)10-4-6-15(9-16)7-5-10/h2-3,8-10H,4-7H2,1H3. The Morgan fingerprint density at radius 3 is 2.71 bits per heavy atom. The van der Waals surface area contributed by atoms with Crippen LogP contribution in [0.15, 0.2) is 18.2 Å². The SMILES string of the molecule is COc1ccc(F)cc1C1CCN(C=O)CC1. The summed E-state index contributed by atoms with van der Waals surface area (Å²) in [5, 5.41) is 0. The van der Waals surface area contributed by atoms with Crippen LogP contribution in [-0.2, 0) is 4.79 Å². The second-order valence-corrected chi connectivity index (χ2v) is 4.30. The molecule has 0 aliphatic carbocycles. The number of benzene rings is 1. The molecule has 3 nitrogen and oxygen atoms in total. The molecule has 0 radical (unpaired) electrons. The van der Waals surface area contributed by atoms with Crippen LogP contribution in [-0.4, -0.2) is 31.5 Å². The summed E-state index contributed by atoms with van der Waals surface area (Å²) in [6, 6.07) is 4.61. The average molecular weight is 237 g/mol. The van der Waals surface area contributed by atoms with Gasteiger partial charge in [-0.2, -0.15) is 0 Å². The number of carbonyl (C=O) groups excluding carboxylic acids is 1. The third-order valence-corrected chi connectivity index (χ3v) is 3.31. The molecule has 92 valence electrons. The Kier molecular flexibility index (Phi) is 3.61. The highest BCUT2D eigenvalue weighted by Crippen LogP contribution is 2.34. The van der Waals surface area contributed by atoms with Gasteiger partial charge in [0.25, 0.3) is 0 Å². The van der Waals surface area contributed by atoms with E-state index < -0.39 is 0 Å². The zero-order chi connectivity index (χ0) is 12.3. The number of rotatable bonds is 3. The zero-order valence-corrected chi connectivity index (χ0v) is 9.86. The van der Waals surface area contributed by atoms with Crippen LogP contribution >= 0.6 is 0 Å². The molecule has 0 N–H and O–H groups in total. The Hall–Kier alpha value is -1.58. The third-order valence-electron chi connectivity index (χ3n) is 3.31. The van der Waals surface area contributed by atoms with Crippen LogP contribution in [0, 0.1) is 5.82 Å². The number of carbonyl (C=O) groups is 1. The Morgan fingerprint density at radius 2 is 2.12 bits per heavy atom. The smallest absolute Gasteiger partial charge is 0.209 e. The van der Waals surface area contributed by atoms with Gasteiger partial charge in [0.15, 0.2) is 0 Å². The van der Waals surface area contributed by atoms with Gasteiger partial charge in [0.05, 0.1) is 7.11 Å². The summed E-state index contributed by atoms with van der Waals surface area (Å²) < 4.78 is 18.5. The third kappa shape index (κ3) is 2.57. The summed E-state index contributed by atoms with van der Waals surface area (Å²) >= 11 is 0. The van der Waals surface area contributed by atoms with Gasteiger partial charge in [-0.1, -0.05) is 0 Å². The van der Waals surface area contributed by atoms with E-state index in [1.807, 2.05) is 0 Å². The monoisotopic (exact) mass is 237 g/mol. The maximum atomic E-state index is 13.3. The van der Waals surface area contributed by atoms with Crippen LogP contribution in [0.2, 0.25) is 0 Å². The van der Waals surface area contributed by atoms with E-state index >= 15 is 0 Å². The minimum Gasteiger partial charge on any atom is -0.496 e. The van der Waals surface area contributed by atoms with Crippen molar-refractivity contribution in [1.82, 2.24) is 4.90 Å². The van der Waals surface area contributed by atoms with E-state index in [4.69, 9.17) is 4.74 Å². The number of amides is 1. The Morgan fingerprint density at radius 1 is 1.41 bits per heavy atom. The van der Waals surface area contributed by atoms with E-state index in [1.165, 1.54) is 6.07 Å². The van der Waals surface area contributed by atoms with E-state index in [9.17, 15) is 9.18 Å². The van der Waals surface area contributed by atoms with Gasteiger partial charge < -0.3 is 9.64 Å². The number of ether oxygens (including phenoxy) is 1. The van der Waals surface area contributed by atoms with Crippen LogP contribution in [0.3, 0.4) is 0 Å². The molecule has 17 heavy (non-hydrogen) atoms. The molecule has 1 heterocycles. The fourth-order valence-electron chi connectivity index (χ4n) is 2.34. The summed E-state index contributed by atoms with van der Waals surface area (Å²) in [6.45, 7) is 1.46. The van der Waals surface area contributed by atoms with E-state index in [0.29, 0.717) is 0 Å². The fourth-order valence-corrected chi connectivity index (χ4v) is 2.34. The number of hydrogen-bond donors (Lipinski definition) is 0. The van der Waals surface area contributed by atoms with Gasteiger partial charge in [0.2, 0.25) is 6.41 Å². The number of likely N-dealkylation sites (tertiary alicyclic amines) is 1. The van der Waals surface area contributed by atoms with Crippen LogP contribution in [0.5, 0.6) is 5.75 Å². The first-order chi connectivity index (χ1) is 8.24. The van der Waals surface area contributed by atoms with Gasteiger partial charge in [0.1, 0.15) is 11.6 Å². The van der Waals surface area contributed by atoms with Crippen molar-refractivity contribution in [2.24, 2.45) is 0 Å². The predicted octanol–water partition coefficient (Wildman–Crippen LogP) is 2.17. The summed E-state index contributed by atoms with van der Waals surface area (Å²) in [6.07, 6.45) is 2.59. The predicted molar refractivity (Wildman–Crippen MR) is 62.6 cm³/mol. The molecule has 1 aromatic rings. The molecule has 0 saturated carbocycles. The van der Waals surface area contributed by atoms with Crippen molar-refractivity contribution in [1.29, 1.82) is 0 Å². The lowest BCUT2D eigenvalue weighted by Crippen LogP contribution is -2.31. The maximum Gasteiger partial charge on any atom is 0.209 e. The highest BCUT2D eigenvalue weighted by atomic mass is 19.1. The molecule has 0 bridgehead atoms. The molecule has 0 atom stereocenters. The number of nitrogens with zero attached hydrogens (tertiary/aromatic N) is 1. The molecule has 1 fully saturated rings. The second-order valence-electron chi connectivity index (χ2n) is 4.30. The van der Waals surface area contributed by atoms with E-state index in [1.54, 1.807) is 24.1 Å². The van der Waals surface area contributed by atoms with Crippen molar-refractivity contribution < 1.29 is 13.9 Å². The molecule has 1 aliphatic rings. The second kappa shape index (κ2) is 5.17. The Bertz CT molecular complexity index is 400. The number of methoxy groups -OCH3 is 1. The van der Waals surface area contributed by atoms with Crippen molar-refractivity contribution in [3.8, 4) is 5.75 Å². The van der Waals surface area contributed by atoms with E-state index in [2.05, 4.69) is 0 Å². The minimum atomic E-state index is -0.237. The van der Waals surface area contributed by atoms with Crippen LogP contribution in [0.1, 0.15) is 24.3 Å². The first kappa shape index (κ1) is 11.9. The van der Waals surface area contributed by atoms with Gasteiger partial charge >= 0.3 is 0 Å². The van der Waals surface area contributed by atoms with Gasteiger partial charge in [-0.15, -0.1) is 0 Å². The first-order valence-corrected chi connectivity index (χ1v) is 5.77. The molecule has 1 amide bonds. The average Bonchev–Trinajstić information content (AvgIpc) is 2.39. The summed E-state index contributed by atoms with van der Waals surface area (Å²) in [4.78, 5) is 12.4. The minimum absolute atomic E-state index is 0.237. The van der Waals surface area contributed by atoms with Crippen LogP contribution in [0.4, 0.5) is 4.39 Å². The van der Waals surface area contributed by atoms with Gasteiger partial charge in [0, 0.05) is 18.7 Å². The summed E-state index contributed by atoms with van der Waals surface area (Å²) in [7, 11) is 1.59.